The first kappa shape index (κ1) is 15.8. The number of nitrogens with zero attached hydrogens (tertiary/aromatic N) is 2. The molecular formula is C12H28N4O2. The minimum Gasteiger partial charge on any atom is -0.395 e. The van der Waals surface area contributed by atoms with Crippen molar-refractivity contribution in [2.24, 2.45) is 11.7 Å². The van der Waals surface area contributed by atoms with Gasteiger partial charge in [0.15, 0.2) is 0 Å². The molecule has 2 atom stereocenters. The molecule has 0 spiro atoms. The number of hydrogen-bond acceptors (Lipinski definition) is 6. The molecular weight excluding hydrogens is 232 g/mol. The average Bonchev–Trinajstić information content (AvgIpc) is 2.41. The van der Waals surface area contributed by atoms with Crippen LogP contribution in [0.2, 0.25) is 0 Å². The molecule has 2 aliphatic heterocycles. The van der Waals surface area contributed by atoms with E-state index in [2.05, 4.69) is 0 Å². The van der Waals surface area contributed by atoms with Crippen LogP contribution in [0.5, 0.6) is 0 Å². The van der Waals surface area contributed by atoms with Gasteiger partial charge in [0.25, 0.3) is 0 Å². The Morgan fingerprint density at radius 3 is 1.39 bits per heavy atom. The van der Waals surface area contributed by atoms with Crippen molar-refractivity contribution in [3.63, 3.8) is 0 Å². The Morgan fingerprint density at radius 2 is 1.17 bits per heavy atom. The van der Waals surface area contributed by atoms with E-state index in [1.807, 2.05) is 0 Å². The quantitative estimate of drug-likeness (QED) is 0.496. The van der Waals surface area contributed by atoms with Gasteiger partial charge in [0.2, 0.25) is 0 Å². The van der Waals surface area contributed by atoms with Gasteiger partial charge in [0, 0.05) is 25.2 Å². The molecule has 2 rings (SSSR count). The molecule has 18 heavy (non-hydrogen) atoms. The molecule has 0 bridgehead atoms. The van der Waals surface area contributed by atoms with Crippen LogP contribution in [-0.2, 0) is 0 Å². The van der Waals surface area contributed by atoms with E-state index in [0.717, 1.165) is 25.9 Å². The van der Waals surface area contributed by atoms with E-state index in [1.165, 1.54) is 25.7 Å². The molecule has 0 amide bonds. The lowest BCUT2D eigenvalue weighted by molar-refractivity contribution is 0.0909. The molecule has 0 aromatic heterocycles. The molecule has 0 aromatic carbocycles. The van der Waals surface area contributed by atoms with Crippen molar-refractivity contribution in [2.75, 3.05) is 26.3 Å². The molecule has 6 nitrogen and oxygen atoms in total. The number of piperidine rings is 2. The summed E-state index contributed by atoms with van der Waals surface area (Å²) in [5.41, 5.74) is 0. The van der Waals surface area contributed by atoms with Gasteiger partial charge in [0.05, 0.1) is 13.2 Å². The first-order chi connectivity index (χ1) is 8.69. The Balaban J connectivity index is 0.000000180. The molecule has 108 valence electrons. The van der Waals surface area contributed by atoms with E-state index >= 15 is 0 Å². The van der Waals surface area contributed by atoms with Gasteiger partial charge >= 0.3 is 0 Å². The van der Waals surface area contributed by atoms with Crippen LogP contribution in [0, 0.1) is 0 Å². The van der Waals surface area contributed by atoms with Crippen molar-refractivity contribution in [3.8, 4) is 0 Å². The third kappa shape index (κ3) is 5.17. The van der Waals surface area contributed by atoms with Crippen LogP contribution in [-0.4, -0.2) is 58.6 Å². The minimum atomic E-state index is 0.205. The minimum absolute atomic E-state index is 0.205. The fourth-order valence-electron chi connectivity index (χ4n) is 2.44. The van der Waals surface area contributed by atoms with Crippen LogP contribution in [0.1, 0.15) is 38.5 Å². The van der Waals surface area contributed by atoms with Crippen molar-refractivity contribution < 1.29 is 10.2 Å². The molecule has 0 radical (unpaired) electrons. The fraction of sp³-hybridized carbons (Fsp3) is 1.00. The highest BCUT2D eigenvalue weighted by molar-refractivity contribution is 4.71. The van der Waals surface area contributed by atoms with Crippen molar-refractivity contribution in [1.82, 2.24) is 10.0 Å². The number of hydrogen-bond donors (Lipinski definition) is 4. The van der Waals surface area contributed by atoms with E-state index in [0.29, 0.717) is 0 Å². The summed E-state index contributed by atoms with van der Waals surface area (Å²) in [6.45, 7) is 2.28. The maximum atomic E-state index is 8.74. The van der Waals surface area contributed by atoms with Crippen molar-refractivity contribution in [2.45, 2.75) is 50.6 Å². The van der Waals surface area contributed by atoms with Crippen LogP contribution >= 0.6 is 0 Å². The lowest BCUT2D eigenvalue weighted by Crippen LogP contribution is -2.46. The van der Waals surface area contributed by atoms with Crippen LogP contribution in [0.15, 0.2) is 0 Å². The molecule has 2 heterocycles. The Bertz CT molecular complexity index is 196. The summed E-state index contributed by atoms with van der Waals surface area (Å²) in [7, 11) is 0. The number of aliphatic hydroxyl groups is 2. The monoisotopic (exact) mass is 260 g/mol. The normalized spacial score (nSPS) is 30.7. The van der Waals surface area contributed by atoms with Gasteiger partial charge in [-0.3, -0.25) is 11.7 Å². The van der Waals surface area contributed by atoms with Gasteiger partial charge in [-0.05, 0) is 25.7 Å². The van der Waals surface area contributed by atoms with Gasteiger partial charge in [-0.1, -0.05) is 12.8 Å². The van der Waals surface area contributed by atoms with E-state index < -0.39 is 0 Å². The summed E-state index contributed by atoms with van der Waals surface area (Å²) in [6.07, 6.45) is 6.86. The second-order valence-electron chi connectivity index (χ2n) is 5.14. The molecule has 2 fully saturated rings. The standard InChI is InChI=1S/2C6H14N2O/c2*7-8-4-2-1-3-6(8)5-9/h2*6,9H,1-5,7H2/t2*6-/m00/s1. The lowest BCUT2D eigenvalue weighted by Gasteiger charge is -2.29. The molecule has 0 aliphatic carbocycles. The third-order valence-corrected chi connectivity index (χ3v) is 3.77. The summed E-state index contributed by atoms with van der Waals surface area (Å²) < 4.78 is 0. The molecule has 6 heteroatoms. The predicted octanol–water partition coefficient (Wildman–Crippen LogP) is -0.586. The zero-order valence-corrected chi connectivity index (χ0v) is 11.2. The summed E-state index contributed by atoms with van der Waals surface area (Å²) in [5.74, 6) is 11.1. The Morgan fingerprint density at radius 1 is 0.778 bits per heavy atom. The highest BCUT2D eigenvalue weighted by Crippen LogP contribution is 2.12. The van der Waals surface area contributed by atoms with E-state index in [-0.39, 0.29) is 25.3 Å². The number of hydrazine groups is 2. The van der Waals surface area contributed by atoms with E-state index in [9.17, 15) is 0 Å². The molecule has 6 N–H and O–H groups in total. The molecule has 0 unspecified atom stereocenters. The number of aliphatic hydroxyl groups excluding tert-OH is 2. The zero-order chi connectivity index (χ0) is 13.4. The summed E-state index contributed by atoms with van der Waals surface area (Å²) in [6, 6.07) is 0.442. The fourth-order valence-corrected chi connectivity index (χ4v) is 2.44. The van der Waals surface area contributed by atoms with Gasteiger partial charge in [-0.2, -0.15) is 0 Å². The number of nitrogens with two attached hydrogens (primary N) is 2. The Hall–Kier alpha value is -0.240. The van der Waals surface area contributed by atoms with Crippen LogP contribution in [0.3, 0.4) is 0 Å². The van der Waals surface area contributed by atoms with Crippen molar-refractivity contribution in [1.29, 1.82) is 0 Å². The molecule has 2 aliphatic rings. The number of rotatable bonds is 2. The lowest BCUT2D eigenvalue weighted by atomic mass is 10.1. The third-order valence-electron chi connectivity index (χ3n) is 3.77. The van der Waals surface area contributed by atoms with E-state index in [4.69, 9.17) is 21.9 Å². The zero-order valence-electron chi connectivity index (χ0n) is 11.2. The van der Waals surface area contributed by atoms with Crippen molar-refractivity contribution >= 4 is 0 Å². The smallest absolute Gasteiger partial charge is 0.0600 e. The summed E-state index contributed by atoms with van der Waals surface area (Å²) in [5, 5.41) is 21.0. The van der Waals surface area contributed by atoms with Gasteiger partial charge in [0.1, 0.15) is 0 Å². The van der Waals surface area contributed by atoms with Crippen LogP contribution < -0.4 is 11.7 Å². The largest absolute Gasteiger partial charge is 0.395 e. The highest BCUT2D eigenvalue weighted by atomic mass is 16.3. The maximum Gasteiger partial charge on any atom is 0.0600 e. The Labute approximate surface area is 109 Å². The first-order valence-electron chi connectivity index (χ1n) is 6.93. The summed E-state index contributed by atoms with van der Waals surface area (Å²) in [4.78, 5) is 0. The van der Waals surface area contributed by atoms with Crippen LogP contribution in [0.25, 0.3) is 0 Å². The van der Waals surface area contributed by atoms with Gasteiger partial charge in [-0.25, -0.2) is 10.0 Å². The average molecular weight is 260 g/mol. The predicted molar refractivity (Wildman–Crippen MR) is 71.2 cm³/mol. The highest BCUT2D eigenvalue weighted by Gasteiger charge is 2.18. The summed E-state index contributed by atoms with van der Waals surface area (Å²) >= 11 is 0. The SMILES string of the molecule is NN1CCCC[C@H]1CO.NN1CCCC[C@H]1CO. The van der Waals surface area contributed by atoms with Gasteiger partial charge in [-0.15, -0.1) is 0 Å². The first-order valence-corrected chi connectivity index (χ1v) is 6.93. The maximum absolute atomic E-state index is 8.74. The molecule has 0 aromatic rings. The van der Waals surface area contributed by atoms with E-state index in [1.54, 1.807) is 10.0 Å². The second kappa shape index (κ2) is 8.79. The second-order valence-corrected chi connectivity index (χ2v) is 5.14. The molecule has 0 saturated carbocycles. The Kier molecular flexibility index (Phi) is 7.73. The van der Waals surface area contributed by atoms with Gasteiger partial charge < -0.3 is 10.2 Å². The van der Waals surface area contributed by atoms with Crippen LogP contribution in [0.4, 0.5) is 0 Å². The molecule has 2 saturated heterocycles. The topological polar surface area (TPSA) is 99.0 Å². The van der Waals surface area contributed by atoms with Crippen molar-refractivity contribution in [3.05, 3.63) is 0 Å².